The van der Waals surface area contributed by atoms with Crippen LogP contribution in [-0.2, 0) is 4.79 Å². The quantitative estimate of drug-likeness (QED) is 0.882. The Morgan fingerprint density at radius 3 is 2.57 bits per heavy atom. The van der Waals surface area contributed by atoms with E-state index < -0.39 is 12.0 Å². The topological polar surface area (TPSA) is 81.4 Å². The number of halogens is 1. The fourth-order valence-electron chi connectivity index (χ4n) is 2.03. The number of nitrogens with two attached hydrogens (primary N) is 1. The molecular weight excluding hydrogens is 316 g/mol. The molecule has 0 radical (unpaired) electrons. The van der Waals surface area contributed by atoms with Gasteiger partial charge in [-0.25, -0.2) is 0 Å². The van der Waals surface area contributed by atoms with Crippen molar-refractivity contribution in [3.05, 3.63) is 58.6 Å². The van der Waals surface area contributed by atoms with E-state index in [4.69, 9.17) is 22.1 Å². The number of benzene rings is 2. The highest BCUT2D eigenvalue weighted by Gasteiger charge is 2.18. The van der Waals surface area contributed by atoms with E-state index in [0.717, 1.165) is 5.56 Å². The molecule has 6 heteroatoms. The van der Waals surface area contributed by atoms with Crippen molar-refractivity contribution in [2.75, 3.05) is 5.32 Å². The molecule has 1 unspecified atom stereocenters. The van der Waals surface area contributed by atoms with E-state index in [9.17, 15) is 9.59 Å². The molecule has 0 aliphatic rings. The van der Waals surface area contributed by atoms with E-state index in [2.05, 4.69) is 5.32 Å². The van der Waals surface area contributed by atoms with Gasteiger partial charge in [-0.2, -0.15) is 0 Å². The van der Waals surface area contributed by atoms with Gasteiger partial charge in [0.25, 0.3) is 11.8 Å². The molecule has 0 aromatic heterocycles. The van der Waals surface area contributed by atoms with Crippen LogP contribution in [0.5, 0.6) is 5.75 Å². The van der Waals surface area contributed by atoms with Gasteiger partial charge in [-0.15, -0.1) is 0 Å². The van der Waals surface area contributed by atoms with Crippen LogP contribution < -0.4 is 15.8 Å². The zero-order chi connectivity index (χ0) is 17.0. The second-order valence-electron chi connectivity index (χ2n) is 5.07. The zero-order valence-corrected chi connectivity index (χ0v) is 13.6. The lowest BCUT2D eigenvalue weighted by molar-refractivity contribution is -0.122. The maximum atomic E-state index is 12.3. The van der Waals surface area contributed by atoms with E-state index in [-0.39, 0.29) is 11.5 Å². The number of hydrogen-bond acceptors (Lipinski definition) is 3. The van der Waals surface area contributed by atoms with Gasteiger partial charge < -0.3 is 15.8 Å². The predicted molar refractivity (Wildman–Crippen MR) is 89.9 cm³/mol. The van der Waals surface area contributed by atoms with Crippen molar-refractivity contribution in [3.63, 3.8) is 0 Å². The molecule has 0 saturated carbocycles. The summed E-state index contributed by atoms with van der Waals surface area (Å²) in [4.78, 5) is 23.6. The van der Waals surface area contributed by atoms with Crippen molar-refractivity contribution in [2.45, 2.75) is 20.0 Å². The minimum absolute atomic E-state index is 0.246. The van der Waals surface area contributed by atoms with Gasteiger partial charge in [-0.1, -0.05) is 23.7 Å². The van der Waals surface area contributed by atoms with Crippen molar-refractivity contribution < 1.29 is 14.3 Å². The minimum atomic E-state index is -0.754. The molecule has 5 nitrogen and oxygen atoms in total. The highest BCUT2D eigenvalue weighted by Crippen LogP contribution is 2.23. The number of anilines is 1. The summed E-state index contributed by atoms with van der Waals surface area (Å²) >= 11 is 5.89. The standard InChI is InChI=1S/C17H17ClN2O3/c1-10-9-12(18)7-8-15(10)23-11(2)17(22)20-14-6-4-3-5-13(14)16(19)21/h3-9,11H,1-2H3,(H2,19,21)(H,20,22). The minimum Gasteiger partial charge on any atom is -0.481 e. The van der Waals surface area contributed by atoms with Crippen molar-refractivity contribution in [1.82, 2.24) is 0 Å². The second-order valence-corrected chi connectivity index (χ2v) is 5.51. The Morgan fingerprint density at radius 1 is 1.22 bits per heavy atom. The highest BCUT2D eigenvalue weighted by atomic mass is 35.5. The summed E-state index contributed by atoms with van der Waals surface area (Å²) in [5.74, 6) is -0.420. The number of primary amides is 1. The van der Waals surface area contributed by atoms with Gasteiger partial charge in [0.2, 0.25) is 0 Å². The van der Waals surface area contributed by atoms with Gasteiger partial charge in [-0.05, 0) is 49.7 Å². The lowest BCUT2D eigenvalue weighted by Crippen LogP contribution is -2.31. The Hall–Kier alpha value is -2.53. The summed E-state index contributed by atoms with van der Waals surface area (Å²) < 4.78 is 5.65. The van der Waals surface area contributed by atoms with Crippen LogP contribution in [-0.4, -0.2) is 17.9 Å². The molecule has 2 rings (SSSR count). The van der Waals surface area contributed by atoms with E-state index in [1.807, 2.05) is 6.92 Å². The molecule has 0 aliphatic heterocycles. The van der Waals surface area contributed by atoms with Crippen LogP contribution >= 0.6 is 11.6 Å². The van der Waals surface area contributed by atoms with Crippen molar-refractivity contribution >= 4 is 29.1 Å². The molecule has 2 aromatic carbocycles. The molecule has 0 aliphatic carbocycles. The number of hydrogen-bond donors (Lipinski definition) is 2. The molecule has 0 heterocycles. The third kappa shape index (κ3) is 4.23. The average Bonchev–Trinajstić information content (AvgIpc) is 2.50. The van der Waals surface area contributed by atoms with Gasteiger partial charge in [0.05, 0.1) is 11.3 Å². The number of aryl methyl sites for hydroxylation is 1. The molecule has 3 N–H and O–H groups in total. The second kappa shape index (κ2) is 7.15. The van der Waals surface area contributed by atoms with Crippen molar-refractivity contribution in [2.24, 2.45) is 5.73 Å². The third-order valence-electron chi connectivity index (χ3n) is 3.26. The Kier molecular flexibility index (Phi) is 5.24. The molecule has 120 valence electrons. The fourth-order valence-corrected chi connectivity index (χ4v) is 2.26. The normalized spacial score (nSPS) is 11.6. The molecule has 0 bridgehead atoms. The first-order valence-electron chi connectivity index (χ1n) is 7.01. The van der Waals surface area contributed by atoms with E-state index in [1.54, 1.807) is 49.4 Å². The molecule has 23 heavy (non-hydrogen) atoms. The number of rotatable bonds is 5. The van der Waals surface area contributed by atoms with Gasteiger partial charge in [0, 0.05) is 5.02 Å². The smallest absolute Gasteiger partial charge is 0.265 e. The first kappa shape index (κ1) is 16.8. The summed E-state index contributed by atoms with van der Waals surface area (Å²) in [7, 11) is 0. The predicted octanol–water partition coefficient (Wildman–Crippen LogP) is 3.15. The maximum Gasteiger partial charge on any atom is 0.265 e. The van der Waals surface area contributed by atoms with Crippen LogP contribution in [0.4, 0.5) is 5.69 Å². The Labute approximate surface area is 139 Å². The lowest BCUT2D eigenvalue weighted by Gasteiger charge is -2.17. The van der Waals surface area contributed by atoms with Gasteiger partial charge in [0.1, 0.15) is 5.75 Å². The molecular formula is C17H17ClN2O3. The SMILES string of the molecule is Cc1cc(Cl)ccc1OC(C)C(=O)Nc1ccccc1C(N)=O. The average molecular weight is 333 g/mol. The number of carbonyl (C=O) groups excluding carboxylic acids is 2. The number of carbonyl (C=O) groups is 2. The molecule has 1 atom stereocenters. The van der Waals surface area contributed by atoms with Crippen molar-refractivity contribution in [3.8, 4) is 5.75 Å². The van der Waals surface area contributed by atoms with Crippen LogP contribution in [0, 0.1) is 6.92 Å². The Balaban J connectivity index is 2.10. The summed E-state index contributed by atoms with van der Waals surface area (Å²) in [6, 6.07) is 11.7. The summed E-state index contributed by atoms with van der Waals surface area (Å²) in [5.41, 5.74) is 6.72. The monoisotopic (exact) mass is 332 g/mol. The van der Waals surface area contributed by atoms with Crippen LogP contribution in [0.15, 0.2) is 42.5 Å². The van der Waals surface area contributed by atoms with Gasteiger partial charge >= 0.3 is 0 Å². The van der Waals surface area contributed by atoms with E-state index in [0.29, 0.717) is 16.5 Å². The summed E-state index contributed by atoms with van der Waals surface area (Å²) in [6.07, 6.45) is -0.754. The van der Waals surface area contributed by atoms with Crippen LogP contribution in [0.25, 0.3) is 0 Å². The lowest BCUT2D eigenvalue weighted by atomic mass is 10.1. The maximum absolute atomic E-state index is 12.3. The summed E-state index contributed by atoms with van der Waals surface area (Å²) in [6.45, 7) is 3.46. The molecule has 0 saturated heterocycles. The van der Waals surface area contributed by atoms with Crippen LogP contribution in [0.2, 0.25) is 5.02 Å². The van der Waals surface area contributed by atoms with Gasteiger partial charge in [0.15, 0.2) is 6.10 Å². The molecule has 0 spiro atoms. The van der Waals surface area contributed by atoms with Crippen LogP contribution in [0.3, 0.4) is 0 Å². The molecule has 0 fully saturated rings. The number of para-hydroxylation sites is 1. The number of nitrogens with one attached hydrogen (secondary N) is 1. The number of amides is 2. The first-order chi connectivity index (χ1) is 10.9. The van der Waals surface area contributed by atoms with Gasteiger partial charge in [-0.3, -0.25) is 9.59 Å². The number of ether oxygens (including phenoxy) is 1. The molecule has 2 aromatic rings. The zero-order valence-electron chi connectivity index (χ0n) is 12.8. The first-order valence-corrected chi connectivity index (χ1v) is 7.39. The van der Waals surface area contributed by atoms with Crippen LogP contribution in [0.1, 0.15) is 22.8 Å². The van der Waals surface area contributed by atoms with E-state index in [1.165, 1.54) is 0 Å². The Morgan fingerprint density at radius 2 is 1.91 bits per heavy atom. The molecule has 2 amide bonds. The Bertz CT molecular complexity index is 746. The third-order valence-corrected chi connectivity index (χ3v) is 3.50. The van der Waals surface area contributed by atoms with Crippen molar-refractivity contribution in [1.29, 1.82) is 0 Å². The van der Waals surface area contributed by atoms with E-state index >= 15 is 0 Å². The fraction of sp³-hybridized carbons (Fsp3) is 0.176. The highest BCUT2D eigenvalue weighted by molar-refractivity contribution is 6.30. The largest absolute Gasteiger partial charge is 0.481 e. The summed E-state index contributed by atoms with van der Waals surface area (Å²) in [5, 5.41) is 3.25.